The van der Waals surface area contributed by atoms with Crippen molar-refractivity contribution in [2.75, 3.05) is 24.7 Å². The van der Waals surface area contributed by atoms with Gasteiger partial charge >= 0.3 is 0 Å². The van der Waals surface area contributed by atoms with Gasteiger partial charge < -0.3 is 20.9 Å². The zero-order valence-electron chi connectivity index (χ0n) is 13.0. The molecule has 10 heteroatoms. The molecule has 0 spiro atoms. The van der Waals surface area contributed by atoms with Gasteiger partial charge in [-0.1, -0.05) is 0 Å². The first kappa shape index (κ1) is 18.8. The van der Waals surface area contributed by atoms with Gasteiger partial charge in [0.15, 0.2) is 18.1 Å². The van der Waals surface area contributed by atoms with Crippen molar-refractivity contribution in [3.63, 3.8) is 0 Å². The lowest BCUT2D eigenvalue weighted by Gasteiger charge is -2.17. The standard InChI is InChI=1S/C15H12Br2N6O2/c1-2-24-9-5-7(10(16)11(17)13(9)25-4-3-18)12-8(6-19)14(20)23-15(21)22-12/h5H,2,4H2,1H3,(H4,20,21,22,23). The molecule has 0 saturated carbocycles. The Morgan fingerprint density at radius 2 is 1.88 bits per heavy atom. The molecule has 0 radical (unpaired) electrons. The van der Waals surface area contributed by atoms with E-state index in [0.717, 1.165) is 0 Å². The van der Waals surface area contributed by atoms with E-state index in [4.69, 9.17) is 26.2 Å². The number of nitrogens with two attached hydrogens (primary N) is 2. The van der Waals surface area contributed by atoms with E-state index >= 15 is 0 Å². The predicted octanol–water partition coefficient (Wildman–Crippen LogP) is 3.01. The monoisotopic (exact) mass is 466 g/mol. The maximum atomic E-state index is 9.39. The summed E-state index contributed by atoms with van der Waals surface area (Å²) < 4.78 is 12.1. The quantitative estimate of drug-likeness (QED) is 0.682. The van der Waals surface area contributed by atoms with Crippen LogP contribution in [-0.4, -0.2) is 23.2 Å². The van der Waals surface area contributed by atoms with Gasteiger partial charge in [0, 0.05) is 10.0 Å². The highest BCUT2D eigenvalue weighted by atomic mass is 79.9. The highest BCUT2D eigenvalue weighted by molar-refractivity contribution is 9.13. The summed E-state index contributed by atoms with van der Waals surface area (Å²) in [5.74, 6) is 0.656. The molecule has 4 N–H and O–H groups in total. The molecule has 0 amide bonds. The highest BCUT2D eigenvalue weighted by Crippen LogP contribution is 2.46. The van der Waals surface area contributed by atoms with Gasteiger partial charge in [0.2, 0.25) is 5.95 Å². The van der Waals surface area contributed by atoms with Crippen LogP contribution in [0.4, 0.5) is 11.8 Å². The third-order valence-corrected chi connectivity index (χ3v) is 5.14. The van der Waals surface area contributed by atoms with Crippen molar-refractivity contribution in [3.05, 3.63) is 20.6 Å². The number of nitriles is 2. The zero-order valence-corrected chi connectivity index (χ0v) is 16.2. The van der Waals surface area contributed by atoms with Crippen molar-refractivity contribution < 1.29 is 9.47 Å². The van der Waals surface area contributed by atoms with Gasteiger partial charge in [-0.25, -0.2) is 4.98 Å². The molecule has 0 saturated heterocycles. The van der Waals surface area contributed by atoms with Crippen LogP contribution in [0.5, 0.6) is 11.5 Å². The lowest BCUT2D eigenvalue weighted by Crippen LogP contribution is -2.06. The number of hydrogen-bond acceptors (Lipinski definition) is 8. The van der Waals surface area contributed by atoms with Crippen LogP contribution in [0.25, 0.3) is 11.3 Å². The smallest absolute Gasteiger partial charge is 0.222 e. The van der Waals surface area contributed by atoms with Crippen LogP contribution in [0.3, 0.4) is 0 Å². The summed E-state index contributed by atoms with van der Waals surface area (Å²) in [6.07, 6.45) is 0. The van der Waals surface area contributed by atoms with Gasteiger partial charge in [0.25, 0.3) is 0 Å². The molecule has 0 fully saturated rings. The first-order valence-electron chi connectivity index (χ1n) is 6.92. The third kappa shape index (κ3) is 3.76. The van der Waals surface area contributed by atoms with Gasteiger partial charge in [-0.2, -0.15) is 15.5 Å². The van der Waals surface area contributed by atoms with Crippen molar-refractivity contribution in [1.29, 1.82) is 10.5 Å². The largest absolute Gasteiger partial charge is 0.490 e. The zero-order chi connectivity index (χ0) is 18.6. The summed E-state index contributed by atoms with van der Waals surface area (Å²) >= 11 is 6.85. The molecule has 25 heavy (non-hydrogen) atoms. The van der Waals surface area contributed by atoms with Crippen LogP contribution in [0, 0.1) is 22.7 Å². The number of ether oxygens (including phenoxy) is 2. The lowest BCUT2D eigenvalue weighted by atomic mass is 10.1. The number of halogens is 2. The summed E-state index contributed by atoms with van der Waals surface area (Å²) in [7, 11) is 0. The minimum absolute atomic E-state index is 0.0178. The van der Waals surface area contributed by atoms with E-state index in [1.165, 1.54) is 0 Å². The van der Waals surface area contributed by atoms with Crippen LogP contribution in [0.1, 0.15) is 12.5 Å². The first-order valence-corrected chi connectivity index (χ1v) is 8.51. The van der Waals surface area contributed by atoms with E-state index in [-0.39, 0.29) is 29.6 Å². The van der Waals surface area contributed by atoms with Gasteiger partial charge in [-0.3, -0.25) is 0 Å². The number of nitrogen functional groups attached to an aromatic ring is 2. The van der Waals surface area contributed by atoms with Crippen molar-refractivity contribution in [3.8, 4) is 34.9 Å². The van der Waals surface area contributed by atoms with Gasteiger partial charge in [-0.15, -0.1) is 0 Å². The van der Waals surface area contributed by atoms with Crippen LogP contribution in [0.15, 0.2) is 15.0 Å². The number of hydrogen-bond donors (Lipinski definition) is 2. The van der Waals surface area contributed by atoms with Gasteiger partial charge in [0.05, 0.1) is 16.8 Å². The predicted molar refractivity (Wildman–Crippen MR) is 98.7 cm³/mol. The molecule has 2 rings (SSSR count). The van der Waals surface area contributed by atoms with Crippen LogP contribution >= 0.6 is 31.9 Å². The second-order valence-corrected chi connectivity index (χ2v) is 6.15. The molecule has 0 aliphatic heterocycles. The second kappa shape index (κ2) is 8.01. The Balaban J connectivity index is 2.76. The third-order valence-electron chi connectivity index (χ3n) is 3.03. The molecule has 8 nitrogen and oxygen atoms in total. The maximum absolute atomic E-state index is 9.39. The number of benzene rings is 1. The molecule has 1 aromatic heterocycles. The van der Waals surface area contributed by atoms with Crippen molar-refractivity contribution in [1.82, 2.24) is 9.97 Å². The fourth-order valence-electron chi connectivity index (χ4n) is 2.06. The molecule has 0 aliphatic carbocycles. The molecule has 2 aromatic rings. The van der Waals surface area contributed by atoms with Crippen LogP contribution in [-0.2, 0) is 0 Å². The summed E-state index contributed by atoms with van der Waals surface area (Å²) in [6, 6.07) is 5.51. The summed E-state index contributed by atoms with van der Waals surface area (Å²) in [5.41, 5.74) is 12.3. The Labute approximate surface area is 160 Å². The molecule has 0 bridgehead atoms. The molecule has 1 heterocycles. The summed E-state index contributed by atoms with van der Waals surface area (Å²) in [6.45, 7) is 2.03. The average molecular weight is 468 g/mol. The van der Waals surface area contributed by atoms with E-state index in [2.05, 4.69) is 41.8 Å². The Morgan fingerprint density at radius 3 is 2.48 bits per heavy atom. The number of anilines is 2. The minimum Gasteiger partial charge on any atom is -0.490 e. The summed E-state index contributed by atoms with van der Waals surface area (Å²) in [4.78, 5) is 7.94. The number of aromatic nitrogens is 2. The van der Waals surface area contributed by atoms with Crippen LogP contribution < -0.4 is 20.9 Å². The molecular weight excluding hydrogens is 456 g/mol. The maximum Gasteiger partial charge on any atom is 0.222 e. The molecule has 128 valence electrons. The second-order valence-electron chi connectivity index (χ2n) is 4.56. The molecule has 0 aliphatic rings. The Kier molecular flexibility index (Phi) is 6.02. The van der Waals surface area contributed by atoms with E-state index in [0.29, 0.717) is 32.6 Å². The van der Waals surface area contributed by atoms with E-state index < -0.39 is 0 Å². The van der Waals surface area contributed by atoms with E-state index in [1.54, 1.807) is 6.07 Å². The van der Waals surface area contributed by atoms with Crippen molar-refractivity contribution >= 4 is 43.6 Å². The fraction of sp³-hybridized carbons (Fsp3) is 0.200. The van der Waals surface area contributed by atoms with Crippen molar-refractivity contribution in [2.24, 2.45) is 0 Å². The van der Waals surface area contributed by atoms with Gasteiger partial charge in [0.1, 0.15) is 23.5 Å². The Bertz CT molecular complexity index is 905. The average Bonchev–Trinajstić information content (AvgIpc) is 2.57. The SMILES string of the molecule is CCOc1cc(-c2nc(N)nc(N)c2C#N)c(Br)c(Br)c1OCC#N. The Hall–Kier alpha value is -2.56. The molecule has 0 unspecified atom stereocenters. The van der Waals surface area contributed by atoms with Crippen molar-refractivity contribution in [2.45, 2.75) is 6.92 Å². The van der Waals surface area contributed by atoms with E-state index in [1.807, 2.05) is 19.1 Å². The summed E-state index contributed by atoms with van der Waals surface area (Å²) in [5, 5.41) is 18.1. The number of rotatable bonds is 5. The molecule has 0 atom stereocenters. The lowest BCUT2D eigenvalue weighted by molar-refractivity contribution is 0.297. The number of nitrogens with zero attached hydrogens (tertiary/aromatic N) is 4. The first-order chi connectivity index (χ1) is 11.9. The molecular formula is C15H12Br2N6O2. The minimum atomic E-state index is -0.151. The van der Waals surface area contributed by atoms with Crippen LogP contribution in [0.2, 0.25) is 0 Å². The fourth-order valence-corrected chi connectivity index (χ4v) is 3.07. The molecule has 1 aromatic carbocycles. The van der Waals surface area contributed by atoms with E-state index in [9.17, 15) is 5.26 Å². The highest BCUT2D eigenvalue weighted by Gasteiger charge is 2.22. The normalized spacial score (nSPS) is 9.96. The topological polar surface area (TPSA) is 144 Å². The Morgan fingerprint density at radius 1 is 1.16 bits per heavy atom. The van der Waals surface area contributed by atoms with Gasteiger partial charge in [-0.05, 0) is 44.8 Å².